The topological polar surface area (TPSA) is 87.7 Å². The Kier molecular flexibility index (Phi) is 4.88. The van der Waals surface area contributed by atoms with E-state index < -0.39 is 16.9 Å². The number of nitrogens with zero attached hydrogens (tertiary/aromatic N) is 1. The number of benzene rings is 3. The maximum absolute atomic E-state index is 14.6. The summed E-state index contributed by atoms with van der Waals surface area (Å²) < 4.78 is 5.30. The number of amides is 2. The Morgan fingerprint density at radius 3 is 2.55 bits per heavy atom. The lowest BCUT2D eigenvalue weighted by Gasteiger charge is -2.43. The van der Waals surface area contributed by atoms with Crippen molar-refractivity contribution >= 4 is 40.6 Å². The molecule has 0 aliphatic carbocycles. The number of hydrogen-bond donors (Lipinski definition) is 2. The minimum atomic E-state index is -1.49. The number of halogens is 1. The molecule has 2 saturated heterocycles. The average molecular weight is 528 g/mol. The van der Waals surface area contributed by atoms with Crippen LogP contribution in [0.5, 0.6) is 5.75 Å². The van der Waals surface area contributed by atoms with Crippen LogP contribution in [-0.2, 0) is 20.5 Å². The van der Waals surface area contributed by atoms with Gasteiger partial charge in [-0.2, -0.15) is 0 Å². The predicted octanol–water partition coefficient (Wildman–Crippen LogP) is 4.67. The van der Waals surface area contributed by atoms with E-state index in [1.807, 2.05) is 37.3 Å². The molecule has 0 saturated carbocycles. The van der Waals surface area contributed by atoms with Gasteiger partial charge in [-0.15, -0.1) is 0 Å². The summed E-state index contributed by atoms with van der Waals surface area (Å²) in [5.41, 5.74) is 1.02. The molecule has 3 aromatic carbocycles. The van der Waals surface area contributed by atoms with Gasteiger partial charge in [0.25, 0.3) is 5.91 Å². The molecule has 7 rings (SSSR count). The fourth-order valence-electron chi connectivity index (χ4n) is 7.75. The summed E-state index contributed by atoms with van der Waals surface area (Å²) >= 11 is 6.60. The van der Waals surface area contributed by atoms with Gasteiger partial charge in [0.05, 0.1) is 13.0 Å². The Bertz CT molecular complexity index is 1550. The summed E-state index contributed by atoms with van der Waals surface area (Å²) in [5.74, 6) is -0.937. The van der Waals surface area contributed by atoms with Crippen molar-refractivity contribution in [3.63, 3.8) is 0 Å². The van der Waals surface area contributed by atoms with Crippen molar-refractivity contribution in [2.24, 2.45) is 5.92 Å². The molecular formula is C30H26ClN3O4. The highest BCUT2D eigenvalue weighted by atomic mass is 35.5. The van der Waals surface area contributed by atoms with E-state index in [2.05, 4.69) is 15.5 Å². The van der Waals surface area contributed by atoms with E-state index in [1.54, 1.807) is 37.4 Å². The number of carbonyl (C=O) groups excluding carboxylic acids is 3. The van der Waals surface area contributed by atoms with Crippen molar-refractivity contribution < 1.29 is 19.1 Å². The smallest absolute Gasteiger partial charge is 0.251 e. The van der Waals surface area contributed by atoms with Crippen molar-refractivity contribution in [2.75, 3.05) is 24.3 Å². The van der Waals surface area contributed by atoms with E-state index in [9.17, 15) is 14.4 Å². The lowest BCUT2D eigenvalue weighted by atomic mass is 9.57. The SMILES string of the molecule is COc1ccc(C(=O)[C@@H]2[C@H]3CCCN3[C@@]3(C(=O)Nc4c(C)cc(Cl)cc43)[C@]23C(=O)Nc2ccccc23)cc1. The van der Waals surface area contributed by atoms with Crippen molar-refractivity contribution in [3.05, 3.63) is 87.9 Å². The van der Waals surface area contributed by atoms with Crippen molar-refractivity contribution in [2.45, 2.75) is 36.8 Å². The van der Waals surface area contributed by atoms with E-state index in [1.165, 1.54) is 0 Å². The van der Waals surface area contributed by atoms with E-state index in [4.69, 9.17) is 16.3 Å². The fraction of sp³-hybridized carbons (Fsp3) is 0.300. The summed E-state index contributed by atoms with van der Waals surface area (Å²) in [4.78, 5) is 45.7. The Balaban J connectivity index is 1.57. The zero-order valence-corrected chi connectivity index (χ0v) is 21.8. The van der Waals surface area contributed by atoms with E-state index in [0.29, 0.717) is 51.8 Å². The maximum Gasteiger partial charge on any atom is 0.251 e. The number of para-hydroxylation sites is 1. The minimum absolute atomic E-state index is 0.159. The number of fused-ring (bicyclic) bond motifs is 7. The summed E-state index contributed by atoms with van der Waals surface area (Å²) in [6, 6.07) is 17.7. The van der Waals surface area contributed by atoms with E-state index >= 15 is 0 Å². The first kappa shape index (κ1) is 23.4. The largest absolute Gasteiger partial charge is 0.497 e. The van der Waals surface area contributed by atoms with Gasteiger partial charge in [0.2, 0.25) is 5.91 Å². The molecule has 3 aromatic rings. The van der Waals surface area contributed by atoms with Crippen molar-refractivity contribution in [3.8, 4) is 5.75 Å². The zero-order chi connectivity index (χ0) is 26.4. The number of anilines is 2. The number of rotatable bonds is 3. The van der Waals surface area contributed by atoms with Crippen LogP contribution in [-0.4, -0.2) is 42.2 Å². The first-order valence-electron chi connectivity index (χ1n) is 12.8. The Hall–Kier alpha value is -3.68. The summed E-state index contributed by atoms with van der Waals surface area (Å²) in [6.45, 7) is 2.49. The molecule has 2 spiro atoms. The highest BCUT2D eigenvalue weighted by Crippen LogP contribution is 2.68. The van der Waals surface area contributed by atoms with Gasteiger partial charge >= 0.3 is 0 Å². The van der Waals surface area contributed by atoms with Crippen LogP contribution in [0, 0.1) is 12.8 Å². The van der Waals surface area contributed by atoms with Gasteiger partial charge in [0.15, 0.2) is 5.78 Å². The molecule has 0 radical (unpaired) electrons. The number of Topliss-reactive ketones (excluding diaryl/α,β-unsaturated/α-hetero) is 1. The summed E-state index contributed by atoms with van der Waals surface area (Å²) in [7, 11) is 1.58. The Morgan fingerprint density at radius 1 is 1.03 bits per heavy atom. The van der Waals surface area contributed by atoms with Crippen LogP contribution in [0.25, 0.3) is 0 Å². The number of methoxy groups -OCH3 is 1. The van der Waals surface area contributed by atoms with Crippen LogP contribution in [0.2, 0.25) is 5.02 Å². The number of aryl methyl sites for hydroxylation is 1. The van der Waals surface area contributed by atoms with Crippen LogP contribution < -0.4 is 15.4 Å². The second kappa shape index (κ2) is 7.91. The molecule has 0 unspecified atom stereocenters. The second-order valence-electron chi connectivity index (χ2n) is 10.6. The molecule has 0 bridgehead atoms. The molecule has 192 valence electrons. The number of carbonyl (C=O) groups is 3. The molecule has 2 N–H and O–H groups in total. The first-order chi connectivity index (χ1) is 18.3. The normalized spacial score (nSPS) is 28.8. The zero-order valence-electron chi connectivity index (χ0n) is 21.0. The summed E-state index contributed by atoms with van der Waals surface area (Å²) in [5, 5.41) is 6.65. The number of ether oxygens (including phenoxy) is 1. The Morgan fingerprint density at radius 2 is 1.79 bits per heavy atom. The standard InChI is InChI=1S/C30H26ClN3O4/c1-16-14-18(31)15-21-25(16)33-28(37)30(21)29(20-6-3-4-7-22(20)32-27(29)36)24(23-8-5-13-34(23)30)26(35)17-9-11-19(38-2)12-10-17/h3-4,6-7,9-12,14-15,23-24H,5,8,13H2,1-2H3,(H,32,36)(H,33,37)/t23-,24+,29+,30+/m1/s1. The molecule has 2 fully saturated rings. The lowest BCUT2D eigenvalue weighted by molar-refractivity contribution is -0.137. The van der Waals surface area contributed by atoms with Gasteiger partial charge in [-0.3, -0.25) is 19.3 Å². The third kappa shape index (κ3) is 2.60. The van der Waals surface area contributed by atoms with Crippen LogP contribution in [0.4, 0.5) is 11.4 Å². The molecule has 4 heterocycles. The quantitative estimate of drug-likeness (QED) is 0.483. The van der Waals surface area contributed by atoms with Gasteiger partial charge in [-0.1, -0.05) is 29.8 Å². The monoisotopic (exact) mass is 527 g/mol. The number of nitrogens with one attached hydrogen (secondary N) is 2. The highest BCUT2D eigenvalue weighted by Gasteiger charge is 2.81. The van der Waals surface area contributed by atoms with Gasteiger partial charge < -0.3 is 15.4 Å². The van der Waals surface area contributed by atoms with Gasteiger partial charge in [-0.25, -0.2) is 0 Å². The third-order valence-corrected chi connectivity index (χ3v) is 9.24. The van der Waals surface area contributed by atoms with Gasteiger partial charge in [-0.05, 0) is 79.9 Å². The predicted molar refractivity (Wildman–Crippen MR) is 144 cm³/mol. The molecule has 8 heteroatoms. The lowest BCUT2D eigenvalue weighted by Crippen LogP contribution is -2.62. The fourth-order valence-corrected chi connectivity index (χ4v) is 8.02. The highest BCUT2D eigenvalue weighted by molar-refractivity contribution is 6.31. The van der Waals surface area contributed by atoms with Crippen molar-refractivity contribution in [1.82, 2.24) is 4.90 Å². The average Bonchev–Trinajstić information content (AvgIpc) is 3.63. The minimum Gasteiger partial charge on any atom is -0.497 e. The van der Waals surface area contributed by atoms with Crippen LogP contribution in [0.15, 0.2) is 60.7 Å². The molecule has 4 aliphatic rings. The van der Waals surface area contributed by atoms with E-state index in [-0.39, 0.29) is 23.6 Å². The van der Waals surface area contributed by atoms with Gasteiger partial charge in [0, 0.05) is 33.6 Å². The maximum atomic E-state index is 14.6. The van der Waals surface area contributed by atoms with E-state index in [0.717, 1.165) is 12.0 Å². The number of ketones is 1. The Labute approximate surface area is 225 Å². The van der Waals surface area contributed by atoms with Crippen LogP contribution >= 0.6 is 11.6 Å². The molecular weight excluding hydrogens is 502 g/mol. The molecule has 38 heavy (non-hydrogen) atoms. The molecule has 4 atom stereocenters. The first-order valence-corrected chi connectivity index (χ1v) is 13.2. The molecule has 7 nitrogen and oxygen atoms in total. The van der Waals surface area contributed by atoms with Gasteiger partial charge in [0.1, 0.15) is 16.7 Å². The molecule has 0 aromatic heterocycles. The third-order valence-electron chi connectivity index (χ3n) is 9.02. The molecule has 2 amide bonds. The van der Waals surface area contributed by atoms with Crippen molar-refractivity contribution in [1.29, 1.82) is 0 Å². The summed E-state index contributed by atoms with van der Waals surface area (Å²) in [6.07, 6.45) is 1.52. The van der Waals surface area contributed by atoms with Crippen LogP contribution in [0.3, 0.4) is 0 Å². The number of hydrogen-bond acceptors (Lipinski definition) is 5. The second-order valence-corrected chi connectivity index (χ2v) is 11.0. The molecule has 4 aliphatic heterocycles. The van der Waals surface area contributed by atoms with Crippen LogP contribution in [0.1, 0.15) is 39.9 Å².